The first-order chi connectivity index (χ1) is 10.1. The summed E-state index contributed by atoms with van der Waals surface area (Å²) in [6.45, 7) is 0. The molecule has 0 atom stereocenters. The zero-order valence-corrected chi connectivity index (χ0v) is 12.6. The van der Waals surface area contributed by atoms with E-state index in [4.69, 9.17) is 5.14 Å². The number of hydrogen-bond acceptors (Lipinski definition) is 3. The Bertz CT molecular complexity index is 714. The minimum Gasteiger partial charge on any atom is -0.304 e. The topological polar surface area (TPSA) is 78.0 Å². The maximum absolute atomic E-state index is 11.3. The zero-order chi connectivity index (χ0) is 14.9. The van der Waals surface area contributed by atoms with Crippen molar-refractivity contribution < 1.29 is 8.42 Å². The van der Waals surface area contributed by atoms with Gasteiger partial charge in [-0.25, -0.2) is 18.5 Å². The van der Waals surface area contributed by atoms with Gasteiger partial charge in [0.05, 0.1) is 4.90 Å². The standard InChI is InChI=1S/C15H19N3O2S/c16-21(19,20)14-8-6-13(7-9-14)18-11-10-17-15(18)12-4-2-1-3-5-12/h6-12H,1-5H2,(H2,16,19,20). The van der Waals surface area contributed by atoms with E-state index in [1.807, 2.05) is 10.8 Å². The molecule has 21 heavy (non-hydrogen) atoms. The van der Waals surface area contributed by atoms with Crippen LogP contribution in [0.3, 0.4) is 0 Å². The third-order valence-corrected chi connectivity index (χ3v) is 5.01. The molecular weight excluding hydrogens is 286 g/mol. The van der Waals surface area contributed by atoms with Crippen LogP contribution in [0.5, 0.6) is 0 Å². The van der Waals surface area contributed by atoms with Crippen LogP contribution in [0.1, 0.15) is 43.8 Å². The molecular formula is C15H19N3O2S. The molecule has 0 aliphatic heterocycles. The predicted molar refractivity (Wildman–Crippen MR) is 80.8 cm³/mol. The average molecular weight is 305 g/mol. The summed E-state index contributed by atoms with van der Waals surface area (Å²) in [4.78, 5) is 4.64. The van der Waals surface area contributed by atoms with Crippen molar-refractivity contribution in [2.24, 2.45) is 5.14 Å². The van der Waals surface area contributed by atoms with Crippen molar-refractivity contribution >= 4 is 10.0 Å². The molecule has 1 saturated carbocycles. The lowest BCUT2D eigenvalue weighted by Gasteiger charge is -2.22. The Morgan fingerprint density at radius 3 is 2.38 bits per heavy atom. The highest BCUT2D eigenvalue weighted by molar-refractivity contribution is 7.89. The number of primary sulfonamides is 1. The Kier molecular flexibility index (Phi) is 3.82. The summed E-state index contributed by atoms with van der Waals surface area (Å²) in [7, 11) is -3.64. The van der Waals surface area contributed by atoms with Gasteiger partial charge in [-0.05, 0) is 37.1 Å². The number of nitrogens with zero attached hydrogens (tertiary/aromatic N) is 2. The Hall–Kier alpha value is -1.66. The third-order valence-electron chi connectivity index (χ3n) is 4.08. The maximum atomic E-state index is 11.3. The van der Waals surface area contributed by atoms with E-state index < -0.39 is 10.0 Å². The first-order valence-electron chi connectivity index (χ1n) is 7.22. The highest BCUT2D eigenvalue weighted by Crippen LogP contribution is 2.32. The van der Waals surface area contributed by atoms with Crippen molar-refractivity contribution in [2.45, 2.75) is 42.9 Å². The van der Waals surface area contributed by atoms with Gasteiger partial charge in [0.25, 0.3) is 0 Å². The van der Waals surface area contributed by atoms with Crippen LogP contribution in [-0.2, 0) is 10.0 Å². The Morgan fingerprint density at radius 1 is 1.10 bits per heavy atom. The highest BCUT2D eigenvalue weighted by atomic mass is 32.2. The highest BCUT2D eigenvalue weighted by Gasteiger charge is 2.20. The quantitative estimate of drug-likeness (QED) is 0.946. The van der Waals surface area contributed by atoms with E-state index in [1.165, 1.54) is 44.2 Å². The van der Waals surface area contributed by atoms with E-state index in [-0.39, 0.29) is 4.90 Å². The molecule has 0 saturated heterocycles. The van der Waals surface area contributed by atoms with Gasteiger partial charge in [-0.15, -0.1) is 0 Å². The molecule has 1 aromatic heterocycles. The van der Waals surface area contributed by atoms with Gasteiger partial charge in [-0.2, -0.15) is 0 Å². The van der Waals surface area contributed by atoms with Crippen LogP contribution >= 0.6 is 0 Å². The van der Waals surface area contributed by atoms with Gasteiger partial charge in [0.1, 0.15) is 5.82 Å². The van der Waals surface area contributed by atoms with Crippen LogP contribution in [0.15, 0.2) is 41.6 Å². The summed E-state index contributed by atoms with van der Waals surface area (Å²) < 4.78 is 24.7. The lowest BCUT2D eigenvalue weighted by atomic mass is 9.88. The van der Waals surface area contributed by atoms with Crippen molar-refractivity contribution in [1.29, 1.82) is 0 Å². The van der Waals surface area contributed by atoms with Gasteiger partial charge in [0.2, 0.25) is 10.0 Å². The van der Waals surface area contributed by atoms with E-state index in [0.29, 0.717) is 5.92 Å². The maximum Gasteiger partial charge on any atom is 0.238 e. The number of rotatable bonds is 3. The van der Waals surface area contributed by atoms with Crippen molar-refractivity contribution in [3.05, 3.63) is 42.5 Å². The normalized spacial score (nSPS) is 17.0. The molecule has 1 heterocycles. The Labute approximate surface area is 124 Å². The molecule has 2 aromatic rings. The fourth-order valence-electron chi connectivity index (χ4n) is 2.99. The summed E-state index contributed by atoms with van der Waals surface area (Å²) in [5, 5.41) is 5.13. The van der Waals surface area contributed by atoms with Crippen molar-refractivity contribution in [1.82, 2.24) is 9.55 Å². The molecule has 1 fully saturated rings. The monoisotopic (exact) mass is 305 g/mol. The molecule has 6 heteroatoms. The van der Waals surface area contributed by atoms with E-state index >= 15 is 0 Å². The van der Waals surface area contributed by atoms with Gasteiger partial charge in [-0.1, -0.05) is 19.3 Å². The molecule has 3 rings (SSSR count). The third kappa shape index (κ3) is 3.01. The average Bonchev–Trinajstić information content (AvgIpc) is 2.97. The number of sulfonamides is 1. The summed E-state index contributed by atoms with van der Waals surface area (Å²) in [5.74, 6) is 1.56. The number of hydrogen-bond donors (Lipinski definition) is 1. The van der Waals surface area contributed by atoms with Gasteiger partial charge < -0.3 is 4.57 Å². The smallest absolute Gasteiger partial charge is 0.238 e. The Balaban J connectivity index is 1.92. The number of imidazole rings is 1. The molecule has 0 amide bonds. The molecule has 0 spiro atoms. The van der Waals surface area contributed by atoms with E-state index in [0.717, 1.165) is 11.5 Å². The summed E-state index contributed by atoms with van der Waals surface area (Å²) in [6, 6.07) is 6.62. The van der Waals surface area contributed by atoms with Crippen molar-refractivity contribution in [3.63, 3.8) is 0 Å². The van der Waals surface area contributed by atoms with Gasteiger partial charge in [-0.3, -0.25) is 0 Å². The largest absolute Gasteiger partial charge is 0.304 e. The lowest BCUT2D eigenvalue weighted by Crippen LogP contribution is -2.13. The number of benzene rings is 1. The lowest BCUT2D eigenvalue weighted by molar-refractivity contribution is 0.425. The summed E-state index contributed by atoms with van der Waals surface area (Å²) in [5.41, 5.74) is 0.917. The van der Waals surface area contributed by atoms with Gasteiger partial charge >= 0.3 is 0 Å². The van der Waals surface area contributed by atoms with Crippen LogP contribution in [0.25, 0.3) is 5.69 Å². The molecule has 5 nitrogen and oxygen atoms in total. The molecule has 0 radical (unpaired) electrons. The summed E-state index contributed by atoms with van der Waals surface area (Å²) in [6.07, 6.45) is 9.88. The SMILES string of the molecule is NS(=O)(=O)c1ccc(-n2ccnc2C2CCCCC2)cc1. The minimum absolute atomic E-state index is 0.130. The Morgan fingerprint density at radius 2 is 1.76 bits per heavy atom. The van der Waals surface area contributed by atoms with Crippen LogP contribution in [0.4, 0.5) is 0 Å². The zero-order valence-electron chi connectivity index (χ0n) is 11.8. The summed E-state index contributed by atoms with van der Waals surface area (Å²) >= 11 is 0. The minimum atomic E-state index is -3.64. The van der Waals surface area contributed by atoms with Crippen molar-refractivity contribution in [3.8, 4) is 5.69 Å². The number of aromatic nitrogens is 2. The molecule has 2 N–H and O–H groups in total. The number of nitrogens with two attached hydrogens (primary N) is 1. The second-order valence-electron chi connectivity index (χ2n) is 5.53. The molecule has 0 bridgehead atoms. The fourth-order valence-corrected chi connectivity index (χ4v) is 3.51. The van der Waals surface area contributed by atoms with Crippen LogP contribution < -0.4 is 5.14 Å². The molecule has 0 unspecified atom stereocenters. The van der Waals surface area contributed by atoms with Crippen LogP contribution in [-0.4, -0.2) is 18.0 Å². The second-order valence-corrected chi connectivity index (χ2v) is 7.09. The second kappa shape index (κ2) is 5.61. The first kappa shape index (κ1) is 14.3. The van der Waals surface area contributed by atoms with E-state index in [1.54, 1.807) is 18.3 Å². The predicted octanol–water partition coefficient (Wildman–Crippen LogP) is 2.57. The van der Waals surface area contributed by atoms with Crippen molar-refractivity contribution in [2.75, 3.05) is 0 Å². The fraction of sp³-hybridized carbons (Fsp3) is 0.400. The first-order valence-corrected chi connectivity index (χ1v) is 8.77. The molecule has 112 valence electrons. The van der Waals surface area contributed by atoms with Crippen LogP contribution in [0, 0.1) is 0 Å². The van der Waals surface area contributed by atoms with E-state index in [2.05, 4.69) is 4.98 Å². The molecule has 1 aliphatic carbocycles. The van der Waals surface area contributed by atoms with E-state index in [9.17, 15) is 8.42 Å². The van der Waals surface area contributed by atoms with Gasteiger partial charge in [0.15, 0.2) is 0 Å². The molecule has 1 aromatic carbocycles. The van der Waals surface area contributed by atoms with Gasteiger partial charge in [0, 0.05) is 24.0 Å². The van der Waals surface area contributed by atoms with Crippen LogP contribution in [0.2, 0.25) is 0 Å². The molecule has 1 aliphatic rings.